The highest BCUT2D eigenvalue weighted by atomic mass is 35.5. The Morgan fingerprint density at radius 3 is 2.36 bits per heavy atom. The number of benzene rings is 1. The molecule has 0 spiro atoms. The highest BCUT2D eigenvalue weighted by Crippen LogP contribution is 2.29. The summed E-state index contributed by atoms with van der Waals surface area (Å²) in [7, 11) is 3.88. The predicted molar refractivity (Wildman–Crippen MR) is 176 cm³/mol. The van der Waals surface area contributed by atoms with Crippen molar-refractivity contribution >= 4 is 44.1 Å². The first kappa shape index (κ1) is 32.0. The van der Waals surface area contributed by atoms with Crippen LogP contribution >= 0.6 is 11.6 Å². The third kappa shape index (κ3) is 7.44. The van der Waals surface area contributed by atoms with Gasteiger partial charge in [-0.25, -0.2) is 13.4 Å². The van der Waals surface area contributed by atoms with Crippen LogP contribution in [0.1, 0.15) is 24.3 Å². The Hall–Kier alpha value is -3.42. The van der Waals surface area contributed by atoms with Crippen molar-refractivity contribution in [2.75, 3.05) is 65.4 Å². The minimum absolute atomic E-state index is 0.0182. The van der Waals surface area contributed by atoms with Crippen LogP contribution in [0.5, 0.6) is 0 Å². The van der Waals surface area contributed by atoms with Gasteiger partial charge in [0.05, 0.1) is 26.9 Å². The Labute approximate surface area is 263 Å². The number of piperidine rings is 1. The minimum atomic E-state index is -3.59. The number of hydrogen-bond acceptors (Lipinski definition) is 10. The molecular weight excluding hydrogens is 600 g/mol. The number of halogens is 1. The zero-order valence-corrected chi connectivity index (χ0v) is 27.1. The second-order valence-corrected chi connectivity index (χ2v) is 14.2. The molecule has 1 aliphatic rings. The van der Waals surface area contributed by atoms with Gasteiger partial charge in [-0.1, -0.05) is 23.7 Å². The number of nitrogens with zero attached hydrogens (tertiary/aromatic N) is 6. The van der Waals surface area contributed by atoms with Gasteiger partial charge in [0.1, 0.15) is 5.65 Å². The van der Waals surface area contributed by atoms with Crippen LogP contribution in [-0.4, -0.2) is 97.9 Å². The molecule has 44 heavy (non-hydrogen) atoms. The molecule has 0 bridgehead atoms. The van der Waals surface area contributed by atoms with Gasteiger partial charge >= 0.3 is 0 Å². The van der Waals surface area contributed by atoms with E-state index in [-0.39, 0.29) is 32.5 Å². The Morgan fingerprint density at radius 2 is 1.70 bits per heavy atom. The monoisotopic (exact) mass is 638 g/mol. The number of sulfone groups is 1. The number of fused-ring (bicyclic) bond motifs is 1. The van der Waals surface area contributed by atoms with E-state index in [1.54, 1.807) is 35.8 Å². The fourth-order valence-electron chi connectivity index (χ4n) is 5.23. The Kier molecular flexibility index (Phi) is 9.96. The maximum absolute atomic E-state index is 13.9. The molecular formula is C31H39ClN8O3S. The van der Waals surface area contributed by atoms with E-state index < -0.39 is 9.84 Å². The van der Waals surface area contributed by atoms with Crippen LogP contribution < -0.4 is 16.2 Å². The number of anilines is 2. The third-order valence-electron chi connectivity index (χ3n) is 7.81. The van der Waals surface area contributed by atoms with Gasteiger partial charge in [-0.3, -0.25) is 14.3 Å². The summed E-state index contributed by atoms with van der Waals surface area (Å²) in [6.45, 7) is 3.40. The van der Waals surface area contributed by atoms with E-state index in [1.165, 1.54) is 17.8 Å². The van der Waals surface area contributed by atoms with Gasteiger partial charge in [-0.15, -0.1) is 0 Å². The molecule has 234 valence electrons. The van der Waals surface area contributed by atoms with Crippen molar-refractivity contribution < 1.29 is 8.42 Å². The van der Waals surface area contributed by atoms with E-state index in [9.17, 15) is 13.2 Å². The van der Waals surface area contributed by atoms with Gasteiger partial charge in [0.15, 0.2) is 9.84 Å². The summed E-state index contributed by atoms with van der Waals surface area (Å²) in [6.07, 6.45) is 5.19. The van der Waals surface area contributed by atoms with Crippen LogP contribution in [0.15, 0.2) is 58.5 Å². The molecule has 1 aliphatic heterocycles. The molecule has 3 aromatic heterocycles. The molecule has 0 amide bonds. The van der Waals surface area contributed by atoms with Crippen molar-refractivity contribution in [1.29, 1.82) is 0 Å². The van der Waals surface area contributed by atoms with Crippen molar-refractivity contribution in [3.05, 3.63) is 69.7 Å². The van der Waals surface area contributed by atoms with E-state index >= 15 is 0 Å². The first-order chi connectivity index (χ1) is 21.0. The SMILES string of the molecule is CN(C)CCn1c(=O)c(-c2ncc(S(=O)(=O)CCN(C)C)cc2Cl)cc2cnc(Nc3ccc(C4CCNCC4)cc3)nc21. The Bertz CT molecular complexity index is 1790. The lowest BCUT2D eigenvalue weighted by Gasteiger charge is -2.23. The quantitative estimate of drug-likeness (QED) is 0.252. The number of aromatic nitrogens is 4. The van der Waals surface area contributed by atoms with E-state index in [0.717, 1.165) is 31.6 Å². The largest absolute Gasteiger partial charge is 0.324 e. The topological polar surface area (TPSA) is 125 Å². The van der Waals surface area contributed by atoms with E-state index in [2.05, 4.69) is 32.7 Å². The molecule has 13 heteroatoms. The van der Waals surface area contributed by atoms with Gasteiger partial charge in [0.25, 0.3) is 5.56 Å². The molecule has 0 saturated carbocycles. The molecule has 0 atom stereocenters. The molecule has 4 aromatic rings. The van der Waals surface area contributed by atoms with Crippen LogP contribution in [0.4, 0.5) is 11.6 Å². The summed E-state index contributed by atoms with van der Waals surface area (Å²) in [5, 5.41) is 7.40. The highest BCUT2D eigenvalue weighted by molar-refractivity contribution is 7.91. The van der Waals surface area contributed by atoms with Crippen LogP contribution in [0.2, 0.25) is 5.02 Å². The average Bonchev–Trinajstić information content (AvgIpc) is 3.00. The number of rotatable bonds is 11. The van der Waals surface area contributed by atoms with Gasteiger partial charge < -0.3 is 20.4 Å². The third-order valence-corrected chi connectivity index (χ3v) is 9.76. The fourth-order valence-corrected chi connectivity index (χ4v) is 6.91. The Morgan fingerprint density at radius 1 is 1.00 bits per heavy atom. The van der Waals surface area contributed by atoms with Crippen LogP contribution in [0, 0.1) is 0 Å². The van der Waals surface area contributed by atoms with Crippen molar-refractivity contribution in [2.24, 2.45) is 0 Å². The highest BCUT2D eigenvalue weighted by Gasteiger charge is 2.21. The maximum atomic E-state index is 13.9. The standard InChI is InChI=1S/C31H39ClN8O3S/c1-38(2)13-14-40-29-23(19-35-31(37-29)36-24-7-5-21(6-8-24)22-9-11-33-12-10-22)17-26(30(40)41)28-27(32)18-25(20-34-28)44(42,43)16-15-39(3)4/h5-8,17-20,22,33H,9-16H2,1-4H3,(H,35,36,37). The van der Waals surface area contributed by atoms with Gasteiger partial charge in [-0.2, -0.15) is 4.98 Å². The summed E-state index contributed by atoms with van der Waals surface area (Å²) in [5.74, 6) is 0.872. The van der Waals surface area contributed by atoms with Crippen molar-refractivity contribution in [2.45, 2.75) is 30.2 Å². The van der Waals surface area contributed by atoms with Crippen molar-refractivity contribution in [3.63, 3.8) is 0 Å². The van der Waals surface area contributed by atoms with Gasteiger partial charge in [0, 0.05) is 43.1 Å². The van der Waals surface area contributed by atoms with E-state index in [1.807, 2.05) is 31.1 Å². The van der Waals surface area contributed by atoms with Gasteiger partial charge in [0.2, 0.25) is 5.95 Å². The normalized spacial score (nSPS) is 14.5. The molecule has 0 unspecified atom stereocenters. The zero-order chi connectivity index (χ0) is 31.4. The Balaban J connectivity index is 1.48. The minimum Gasteiger partial charge on any atom is -0.324 e. The molecule has 1 aromatic carbocycles. The predicted octanol–water partition coefficient (Wildman–Crippen LogP) is 3.61. The number of hydrogen-bond donors (Lipinski definition) is 2. The van der Waals surface area contributed by atoms with Crippen LogP contribution in [0.25, 0.3) is 22.3 Å². The lowest BCUT2D eigenvalue weighted by molar-refractivity contribution is 0.384. The molecule has 4 heterocycles. The summed E-state index contributed by atoms with van der Waals surface area (Å²) in [4.78, 5) is 31.3. The first-order valence-electron chi connectivity index (χ1n) is 14.7. The van der Waals surface area contributed by atoms with Gasteiger partial charge in [-0.05, 0) is 89.9 Å². The average molecular weight is 639 g/mol. The second-order valence-electron chi connectivity index (χ2n) is 11.7. The zero-order valence-electron chi connectivity index (χ0n) is 25.5. The smallest absolute Gasteiger partial charge is 0.261 e. The molecule has 0 radical (unpaired) electrons. The fraction of sp³-hybridized carbons (Fsp3) is 0.419. The van der Waals surface area contributed by atoms with Crippen molar-refractivity contribution in [3.8, 4) is 11.3 Å². The molecule has 5 rings (SSSR count). The summed E-state index contributed by atoms with van der Waals surface area (Å²) in [5.41, 5.74) is 2.79. The maximum Gasteiger partial charge on any atom is 0.261 e. The van der Waals surface area contributed by atoms with Crippen LogP contribution in [-0.2, 0) is 16.4 Å². The number of nitrogens with one attached hydrogen (secondary N) is 2. The van der Waals surface area contributed by atoms with E-state index in [0.29, 0.717) is 42.5 Å². The van der Waals surface area contributed by atoms with E-state index in [4.69, 9.17) is 16.6 Å². The molecule has 2 N–H and O–H groups in total. The lowest BCUT2D eigenvalue weighted by Crippen LogP contribution is -2.28. The molecule has 0 aliphatic carbocycles. The summed E-state index contributed by atoms with van der Waals surface area (Å²) in [6, 6.07) is 11.4. The molecule has 1 saturated heterocycles. The number of likely N-dealkylation sites (N-methyl/N-ethyl adjacent to an activating group) is 1. The summed E-state index contributed by atoms with van der Waals surface area (Å²) < 4.78 is 27.2. The second kappa shape index (κ2) is 13.7. The van der Waals surface area contributed by atoms with Crippen LogP contribution in [0.3, 0.4) is 0 Å². The first-order valence-corrected chi connectivity index (χ1v) is 16.7. The van der Waals surface area contributed by atoms with Crippen molar-refractivity contribution in [1.82, 2.24) is 34.6 Å². The summed E-state index contributed by atoms with van der Waals surface area (Å²) >= 11 is 6.57. The number of pyridine rings is 2. The molecule has 11 nitrogen and oxygen atoms in total. The lowest BCUT2D eigenvalue weighted by atomic mass is 9.90. The molecule has 1 fully saturated rings.